The van der Waals surface area contributed by atoms with Gasteiger partial charge >= 0.3 is 0 Å². The lowest BCUT2D eigenvalue weighted by Gasteiger charge is -1.97. The summed E-state index contributed by atoms with van der Waals surface area (Å²) in [7, 11) is -2.91. The molecule has 2 nitrogen and oxygen atoms in total. The molecule has 0 aliphatic carbocycles. The molecule has 0 heterocycles. The first-order chi connectivity index (χ1) is 3.42. The molecule has 0 spiro atoms. The van der Waals surface area contributed by atoms with E-state index in [-0.39, 0.29) is 11.7 Å². The van der Waals surface area contributed by atoms with Gasteiger partial charge in [-0.1, -0.05) is 13.8 Å². The summed E-state index contributed by atoms with van der Waals surface area (Å²) < 4.78 is 20.7. The number of hydrogen-bond donors (Lipinski definition) is 0. The summed E-state index contributed by atoms with van der Waals surface area (Å²) in [4.78, 5) is 0. The second-order valence-corrected chi connectivity index (χ2v) is 6.47. The average Bonchev–Trinajstić information content (AvgIpc) is 1.21. The van der Waals surface area contributed by atoms with E-state index < -0.39 is 8.27 Å². The summed E-state index contributed by atoms with van der Waals surface area (Å²) in [5.74, 6) is 0.423. The molecular formula is C4H9BrO2S. The third-order valence-electron chi connectivity index (χ3n) is 0.532. The second-order valence-electron chi connectivity index (χ2n) is 2.10. The van der Waals surface area contributed by atoms with Crippen LogP contribution in [0.5, 0.6) is 0 Å². The van der Waals surface area contributed by atoms with Gasteiger partial charge in [0.2, 0.25) is 8.27 Å². The quantitative estimate of drug-likeness (QED) is 0.632. The maximum atomic E-state index is 10.4. The van der Waals surface area contributed by atoms with E-state index in [1.54, 1.807) is 0 Å². The van der Waals surface area contributed by atoms with Crippen molar-refractivity contribution in [1.82, 2.24) is 0 Å². The third kappa shape index (κ3) is 6.43. The first kappa shape index (κ1) is 8.43. The highest BCUT2D eigenvalue weighted by molar-refractivity contribution is 9.47. The number of hydrogen-bond acceptors (Lipinski definition) is 2. The zero-order valence-electron chi connectivity index (χ0n) is 4.89. The molecule has 0 atom stereocenters. The van der Waals surface area contributed by atoms with E-state index in [0.717, 1.165) is 0 Å². The normalized spacial score (nSPS) is 12.5. The molecule has 0 rings (SSSR count). The molecule has 0 saturated heterocycles. The van der Waals surface area contributed by atoms with Gasteiger partial charge in [-0.3, -0.25) is 0 Å². The molecule has 50 valence electrons. The summed E-state index contributed by atoms with van der Waals surface area (Å²) in [5, 5.41) is 0. The van der Waals surface area contributed by atoms with Crippen molar-refractivity contribution in [3.8, 4) is 0 Å². The Labute approximate surface area is 57.4 Å². The van der Waals surface area contributed by atoms with Crippen molar-refractivity contribution in [2.75, 3.05) is 5.75 Å². The Morgan fingerprint density at radius 2 is 1.88 bits per heavy atom. The Hall–Kier alpha value is 0.430. The molecule has 0 radical (unpaired) electrons. The van der Waals surface area contributed by atoms with E-state index in [9.17, 15) is 8.42 Å². The van der Waals surface area contributed by atoms with Gasteiger partial charge in [0.1, 0.15) is 0 Å². The van der Waals surface area contributed by atoms with Crippen molar-refractivity contribution in [1.29, 1.82) is 0 Å². The minimum atomic E-state index is -2.91. The summed E-state index contributed by atoms with van der Waals surface area (Å²) in [6, 6.07) is 0. The van der Waals surface area contributed by atoms with Crippen molar-refractivity contribution >= 4 is 23.1 Å². The van der Waals surface area contributed by atoms with Crippen molar-refractivity contribution < 1.29 is 8.42 Å². The third-order valence-corrected chi connectivity index (χ3v) is 2.39. The van der Waals surface area contributed by atoms with Crippen molar-refractivity contribution in [2.24, 2.45) is 5.92 Å². The molecular weight excluding hydrogens is 192 g/mol. The maximum Gasteiger partial charge on any atom is 0.209 e. The zero-order valence-corrected chi connectivity index (χ0v) is 7.29. The van der Waals surface area contributed by atoms with Crippen LogP contribution >= 0.6 is 14.8 Å². The molecule has 0 aromatic heterocycles. The van der Waals surface area contributed by atoms with Crippen LogP contribution in [0.25, 0.3) is 0 Å². The zero-order chi connectivity index (χ0) is 6.78. The predicted octanol–water partition coefficient (Wildman–Crippen LogP) is 1.37. The topological polar surface area (TPSA) is 34.1 Å². The molecule has 0 N–H and O–H groups in total. The largest absolute Gasteiger partial charge is 0.217 e. The lowest BCUT2D eigenvalue weighted by molar-refractivity contribution is 0.598. The Bertz CT molecular complexity index is 147. The van der Waals surface area contributed by atoms with Crippen LogP contribution in [0.2, 0.25) is 0 Å². The summed E-state index contributed by atoms with van der Waals surface area (Å²) in [5.41, 5.74) is 0. The van der Waals surface area contributed by atoms with Gasteiger partial charge in [-0.05, 0) is 5.92 Å². The minimum Gasteiger partial charge on any atom is -0.217 e. The van der Waals surface area contributed by atoms with Crippen LogP contribution in [-0.2, 0) is 8.27 Å². The molecule has 8 heavy (non-hydrogen) atoms. The summed E-state index contributed by atoms with van der Waals surface area (Å²) in [6.07, 6.45) is 0. The molecule has 0 fully saturated rings. The lowest BCUT2D eigenvalue weighted by atomic mass is 10.3. The van der Waals surface area contributed by atoms with Gasteiger partial charge in [-0.15, -0.1) is 0 Å². The van der Waals surface area contributed by atoms with Crippen LogP contribution < -0.4 is 0 Å². The Morgan fingerprint density at radius 3 is 1.88 bits per heavy atom. The first-order valence-corrected chi connectivity index (χ1v) is 5.83. The fourth-order valence-electron chi connectivity index (χ4n) is 0.398. The van der Waals surface area contributed by atoms with Gasteiger partial charge in [0, 0.05) is 0 Å². The Morgan fingerprint density at radius 1 is 1.50 bits per heavy atom. The van der Waals surface area contributed by atoms with E-state index in [2.05, 4.69) is 14.8 Å². The molecule has 0 aromatic carbocycles. The summed E-state index contributed by atoms with van der Waals surface area (Å²) in [6.45, 7) is 3.72. The van der Waals surface area contributed by atoms with Crippen LogP contribution in [0.1, 0.15) is 13.8 Å². The lowest BCUT2D eigenvalue weighted by Crippen LogP contribution is -2.03. The van der Waals surface area contributed by atoms with Crippen molar-refractivity contribution in [3.05, 3.63) is 0 Å². The molecule has 0 aliphatic rings. The smallest absolute Gasteiger partial charge is 0.209 e. The minimum absolute atomic E-state index is 0.208. The maximum absolute atomic E-state index is 10.4. The molecule has 0 bridgehead atoms. The SMILES string of the molecule is CC(C)CS(=O)(=O)Br. The van der Waals surface area contributed by atoms with E-state index in [0.29, 0.717) is 0 Å². The van der Waals surface area contributed by atoms with E-state index >= 15 is 0 Å². The highest BCUT2D eigenvalue weighted by Gasteiger charge is 2.06. The molecule has 0 unspecified atom stereocenters. The van der Waals surface area contributed by atoms with Gasteiger partial charge in [-0.2, -0.15) is 0 Å². The van der Waals surface area contributed by atoms with Crippen LogP contribution in [0.4, 0.5) is 0 Å². The van der Waals surface area contributed by atoms with Gasteiger partial charge in [0.15, 0.2) is 0 Å². The fourth-order valence-corrected chi connectivity index (χ4v) is 2.78. The standard InChI is InChI=1S/C4H9BrO2S/c1-4(2)3-8(5,6)7/h4H,3H2,1-2H3. The van der Waals surface area contributed by atoms with Gasteiger partial charge in [0.25, 0.3) is 0 Å². The van der Waals surface area contributed by atoms with Crippen LogP contribution in [0, 0.1) is 5.92 Å². The van der Waals surface area contributed by atoms with Crippen LogP contribution in [0.3, 0.4) is 0 Å². The van der Waals surface area contributed by atoms with Gasteiger partial charge in [-0.25, -0.2) is 8.42 Å². The molecule has 4 heteroatoms. The van der Waals surface area contributed by atoms with Crippen molar-refractivity contribution in [2.45, 2.75) is 13.8 Å². The number of rotatable bonds is 2. The van der Waals surface area contributed by atoms with Crippen LogP contribution in [0.15, 0.2) is 0 Å². The van der Waals surface area contributed by atoms with Gasteiger partial charge < -0.3 is 0 Å². The van der Waals surface area contributed by atoms with E-state index in [1.807, 2.05) is 13.8 Å². The van der Waals surface area contributed by atoms with E-state index in [4.69, 9.17) is 0 Å². The molecule has 0 aromatic rings. The fraction of sp³-hybridized carbons (Fsp3) is 1.00. The predicted molar refractivity (Wildman–Crippen MR) is 37.6 cm³/mol. The number of halogens is 1. The molecule has 0 saturated carbocycles. The second kappa shape index (κ2) is 2.82. The summed E-state index contributed by atoms with van der Waals surface area (Å²) >= 11 is 2.55. The Balaban J connectivity index is 3.75. The van der Waals surface area contributed by atoms with E-state index in [1.165, 1.54) is 0 Å². The Kier molecular flexibility index (Phi) is 2.98. The van der Waals surface area contributed by atoms with Crippen molar-refractivity contribution in [3.63, 3.8) is 0 Å². The highest BCUT2D eigenvalue weighted by Crippen LogP contribution is 2.05. The first-order valence-electron chi connectivity index (χ1n) is 2.34. The molecule has 0 aliphatic heterocycles. The van der Waals surface area contributed by atoms with Gasteiger partial charge in [0.05, 0.1) is 20.6 Å². The molecule has 0 amide bonds. The average molecular weight is 201 g/mol. The monoisotopic (exact) mass is 200 g/mol. The highest BCUT2D eigenvalue weighted by atomic mass is 79.9. The van der Waals surface area contributed by atoms with Crippen LogP contribution in [-0.4, -0.2) is 14.2 Å².